The largest absolute Gasteiger partial charge is 0.486 e. The van der Waals surface area contributed by atoms with Gasteiger partial charge in [0, 0.05) is 38.4 Å². The molecule has 0 saturated heterocycles. The number of carbonyl (C=O) groups is 1. The molecule has 2 aromatic rings. The van der Waals surface area contributed by atoms with Crippen LogP contribution in [-0.2, 0) is 11.2 Å². The van der Waals surface area contributed by atoms with E-state index in [1.165, 1.54) is 6.07 Å². The second kappa shape index (κ2) is 12.4. The number of nitrogens with one attached hydrogen (secondary N) is 2. The van der Waals surface area contributed by atoms with E-state index in [-0.39, 0.29) is 24.3 Å². The molecule has 162 valence electrons. The molecule has 0 fully saturated rings. The van der Waals surface area contributed by atoms with Crippen LogP contribution in [0.3, 0.4) is 0 Å². The van der Waals surface area contributed by atoms with E-state index >= 15 is 0 Å². The molecular weight excluding hydrogens is 385 g/mol. The lowest BCUT2D eigenvalue weighted by Gasteiger charge is -2.19. The van der Waals surface area contributed by atoms with Gasteiger partial charge in [-0.3, -0.25) is 9.78 Å². The first-order chi connectivity index (χ1) is 14.5. The van der Waals surface area contributed by atoms with Crippen molar-refractivity contribution in [1.29, 1.82) is 0 Å². The summed E-state index contributed by atoms with van der Waals surface area (Å²) in [5.41, 5.74) is 0.944. The zero-order chi connectivity index (χ0) is 21.8. The van der Waals surface area contributed by atoms with E-state index in [4.69, 9.17) is 4.74 Å². The van der Waals surface area contributed by atoms with Crippen molar-refractivity contribution < 1.29 is 13.9 Å². The molecule has 8 heteroatoms. The topological polar surface area (TPSA) is 78.9 Å². The number of benzene rings is 1. The number of halogens is 1. The van der Waals surface area contributed by atoms with Crippen LogP contribution in [0.5, 0.6) is 5.75 Å². The third-order valence-electron chi connectivity index (χ3n) is 4.29. The summed E-state index contributed by atoms with van der Waals surface area (Å²) in [5.74, 6) is 0.231. The summed E-state index contributed by atoms with van der Waals surface area (Å²) in [6.45, 7) is 5.43. The molecule has 1 unspecified atom stereocenters. The van der Waals surface area contributed by atoms with Crippen LogP contribution in [0.2, 0.25) is 0 Å². The van der Waals surface area contributed by atoms with Crippen LogP contribution < -0.4 is 15.4 Å². The van der Waals surface area contributed by atoms with E-state index in [1.807, 2.05) is 32.0 Å². The standard InChI is InChI=1S/C22H30FN5O2/c1-4-24-22(26-15-17(2)30-20-11-6-5-10-19(20)23)27-16-21(29)28(3)14-12-18-9-7-8-13-25-18/h5-11,13,17H,4,12,14-16H2,1-3H3,(H2,24,26,27). The minimum Gasteiger partial charge on any atom is -0.486 e. The molecule has 30 heavy (non-hydrogen) atoms. The lowest BCUT2D eigenvalue weighted by Crippen LogP contribution is -2.42. The summed E-state index contributed by atoms with van der Waals surface area (Å²) in [6.07, 6.45) is 2.14. The van der Waals surface area contributed by atoms with Crippen molar-refractivity contribution in [2.45, 2.75) is 26.4 Å². The molecule has 1 aromatic heterocycles. The van der Waals surface area contributed by atoms with Crippen LogP contribution in [0.15, 0.2) is 53.7 Å². The molecular formula is C22H30FN5O2. The van der Waals surface area contributed by atoms with Crippen molar-refractivity contribution in [3.8, 4) is 5.75 Å². The first kappa shape index (κ1) is 23.1. The number of aromatic nitrogens is 1. The second-order valence-corrected chi connectivity index (χ2v) is 6.82. The van der Waals surface area contributed by atoms with Gasteiger partial charge in [-0.2, -0.15) is 0 Å². The van der Waals surface area contributed by atoms with Gasteiger partial charge in [0.05, 0.1) is 6.54 Å². The molecule has 0 aliphatic heterocycles. The van der Waals surface area contributed by atoms with E-state index in [2.05, 4.69) is 20.6 Å². The van der Waals surface area contributed by atoms with Crippen molar-refractivity contribution in [2.75, 3.05) is 33.2 Å². The zero-order valence-electron chi connectivity index (χ0n) is 17.8. The summed E-state index contributed by atoms with van der Waals surface area (Å²) in [7, 11) is 1.76. The maximum absolute atomic E-state index is 13.7. The quantitative estimate of drug-likeness (QED) is 0.460. The number of nitrogens with zero attached hydrogens (tertiary/aromatic N) is 3. The van der Waals surface area contributed by atoms with Crippen LogP contribution >= 0.6 is 0 Å². The molecule has 1 atom stereocenters. The van der Waals surface area contributed by atoms with Gasteiger partial charge in [0.2, 0.25) is 5.91 Å². The summed E-state index contributed by atoms with van der Waals surface area (Å²) >= 11 is 0. The maximum Gasteiger partial charge on any atom is 0.244 e. The van der Waals surface area contributed by atoms with E-state index in [9.17, 15) is 9.18 Å². The van der Waals surface area contributed by atoms with Crippen LogP contribution in [0.4, 0.5) is 4.39 Å². The van der Waals surface area contributed by atoms with E-state index in [0.29, 0.717) is 32.0 Å². The number of amides is 1. The van der Waals surface area contributed by atoms with Crippen molar-refractivity contribution in [3.63, 3.8) is 0 Å². The molecule has 2 N–H and O–H groups in total. The van der Waals surface area contributed by atoms with Gasteiger partial charge < -0.3 is 20.3 Å². The van der Waals surface area contributed by atoms with Crippen LogP contribution in [0.1, 0.15) is 19.5 Å². The van der Waals surface area contributed by atoms with Crippen molar-refractivity contribution in [1.82, 2.24) is 20.5 Å². The SMILES string of the molecule is CCNC(=NCC(=O)N(C)CCc1ccccn1)NCC(C)Oc1ccccc1F. The molecule has 1 aromatic carbocycles. The Morgan fingerprint density at radius 1 is 1.23 bits per heavy atom. The lowest BCUT2D eigenvalue weighted by molar-refractivity contribution is -0.128. The van der Waals surface area contributed by atoms with Crippen LogP contribution in [0, 0.1) is 5.82 Å². The number of ether oxygens (including phenoxy) is 1. The minimum atomic E-state index is -0.399. The summed E-state index contributed by atoms with van der Waals surface area (Å²) in [5, 5.41) is 6.22. The number of aliphatic imine (C=N–C) groups is 1. The highest BCUT2D eigenvalue weighted by atomic mass is 19.1. The molecule has 7 nitrogen and oxygen atoms in total. The normalized spacial score (nSPS) is 12.2. The van der Waals surface area contributed by atoms with Gasteiger partial charge in [-0.05, 0) is 38.1 Å². The monoisotopic (exact) mass is 415 g/mol. The molecule has 0 bridgehead atoms. The Kier molecular flexibility index (Phi) is 9.57. The van der Waals surface area contributed by atoms with Gasteiger partial charge >= 0.3 is 0 Å². The molecule has 1 amide bonds. The summed E-state index contributed by atoms with van der Waals surface area (Å²) in [4.78, 5) is 22.6. The van der Waals surface area contributed by atoms with E-state index < -0.39 is 5.82 Å². The Labute approximate surface area is 177 Å². The van der Waals surface area contributed by atoms with Gasteiger partial charge in [0.1, 0.15) is 12.6 Å². The van der Waals surface area contributed by atoms with Crippen LogP contribution in [-0.4, -0.2) is 61.1 Å². The number of rotatable bonds is 10. The maximum atomic E-state index is 13.7. The van der Waals surface area contributed by atoms with Gasteiger partial charge in [0.25, 0.3) is 0 Å². The fraction of sp³-hybridized carbons (Fsp3) is 0.409. The molecule has 0 aliphatic rings. The predicted octanol–water partition coefficient (Wildman–Crippen LogP) is 2.24. The third kappa shape index (κ3) is 8.06. The van der Waals surface area contributed by atoms with E-state index in [1.54, 1.807) is 36.3 Å². The Morgan fingerprint density at radius 2 is 2.00 bits per heavy atom. The number of pyridine rings is 1. The molecule has 1 heterocycles. The second-order valence-electron chi connectivity index (χ2n) is 6.82. The van der Waals surface area contributed by atoms with Crippen molar-refractivity contribution in [3.05, 3.63) is 60.2 Å². The Morgan fingerprint density at radius 3 is 2.70 bits per heavy atom. The van der Waals surface area contributed by atoms with E-state index in [0.717, 1.165) is 5.69 Å². The fourth-order valence-corrected chi connectivity index (χ4v) is 2.60. The molecule has 0 radical (unpaired) electrons. The highest BCUT2D eigenvalue weighted by Gasteiger charge is 2.11. The number of hydrogen-bond acceptors (Lipinski definition) is 4. The number of likely N-dealkylation sites (N-methyl/N-ethyl adjacent to an activating group) is 1. The third-order valence-corrected chi connectivity index (χ3v) is 4.29. The average molecular weight is 416 g/mol. The fourth-order valence-electron chi connectivity index (χ4n) is 2.60. The Bertz CT molecular complexity index is 816. The summed E-state index contributed by atoms with van der Waals surface area (Å²) < 4.78 is 19.3. The molecule has 0 spiro atoms. The first-order valence-corrected chi connectivity index (χ1v) is 10.1. The van der Waals surface area contributed by atoms with Crippen molar-refractivity contribution >= 4 is 11.9 Å². The van der Waals surface area contributed by atoms with Gasteiger partial charge in [-0.15, -0.1) is 0 Å². The smallest absolute Gasteiger partial charge is 0.244 e. The molecule has 0 saturated carbocycles. The van der Waals surface area contributed by atoms with Gasteiger partial charge in [-0.25, -0.2) is 9.38 Å². The van der Waals surface area contributed by atoms with Gasteiger partial charge in [0.15, 0.2) is 17.5 Å². The lowest BCUT2D eigenvalue weighted by atomic mass is 10.2. The number of carbonyl (C=O) groups excluding carboxylic acids is 1. The van der Waals surface area contributed by atoms with Crippen molar-refractivity contribution in [2.24, 2.45) is 4.99 Å². The predicted molar refractivity (Wildman–Crippen MR) is 116 cm³/mol. The molecule has 0 aliphatic carbocycles. The summed E-state index contributed by atoms with van der Waals surface area (Å²) in [6, 6.07) is 12.0. The zero-order valence-corrected chi connectivity index (χ0v) is 17.8. The number of guanidine groups is 1. The van der Waals surface area contributed by atoms with Crippen LogP contribution in [0.25, 0.3) is 0 Å². The highest BCUT2D eigenvalue weighted by molar-refractivity contribution is 5.84. The Hall–Kier alpha value is -3.16. The minimum absolute atomic E-state index is 0.0244. The molecule has 2 rings (SSSR count). The first-order valence-electron chi connectivity index (χ1n) is 10.1. The number of hydrogen-bond donors (Lipinski definition) is 2. The average Bonchev–Trinajstić information content (AvgIpc) is 2.76. The van der Waals surface area contributed by atoms with Gasteiger partial charge in [-0.1, -0.05) is 18.2 Å². The number of para-hydroxylation sites is 1. The highest BCUT2D eigenvalue weighted by Crippen LogP contribution is 2.16. The Balaban J connectivity index is 1.80.